The smallest absolute Gasteiger partial charge is 0.253 e. The monoisotopic (exact) mass is 282 g/mol. The topological polar surface area (TPSA) is 49.4 Å². The largest absolute Gasteiger partial charge is 0.337 e. The lowest BCUT2D eigenvalue weighted by Gasteiger charge is -2.19. The highest BCUT2D eigenvalue weighted by atomic mass is 35.5. The Labute approximate surface area is 119 Å². The number of rotatable bonds is 2. The van der Waals surface area contributed by atoms with Crippen LogP contribution in [0.4, 0.5) is 0 Å². The van der Waals surface area contributed by atoms with Gasteiger partial charge < -0.3 is 10.2 Å². The zero-order chi connectivity index (χ0) is 13.0. The normalized spacial score (nSPS) is 15.3. The summed E-state index contributed by atoms with van der Waals surface area (Å²) in [7, 11) is 0. The van der Waals surface area contributed by atoms with Crippen LogP contribution in [0, 0.1) is 0 Å². The van der Waals surface area contributed by atoms with Gasteiger partial charge in [0.2, 0.25) is 0 Å². The SMILES string of the molecule is CC(=O)c1ccc(C(=O)N2CCCNCC2)cc1.Cl. The third-order valence-corrected chi connectivity index (χ3v) is 3.17. The lowest BCUT2D eigenvalue weighted by atomic mass is 10.1. The number of amides is 1. The predicted octanol–water partition coefficient (Wildman–Crippen LogP) is 1.75. The molecule has 19 heavy (non-hydrogen) atoms. The molecule has 5 heteroatoms. The highest BCUT2D eigenvalue weighted by Gasteiger charge is 2.16. The number of nitrogens with zero attached hydrogens (tertiary/aromatic N) is 1. The van der Waals surface area contributed by atoms with E-state index in [1.807, 2.05) is 4.90 Å². The molecule has 1 fully saturated rings. The van der Waals surface area contributed by atoms with Crippen LogP contribution in [-0.4, -0.2) is 42.8 Å². The summed E-state index contributed by atoms with van der Waals surface area (Å²) in [4.78, 5) is 25.3. The Kier molecular flexibility index (Phi) is 5.99. The van der Waals surface area contributed by atoms with Gasteiger partial charge in [-0.05, 0) is 32.0 Å². The zero-order valence-corrected chi connectivity index (χ0v) is 11.8. The van der Waals surface area contributed by atoms with Gasteiger partial charge in [0, 0.05) is 30.8 Å². The first-order valence-corrected chi connectivity index (χ1v) is 6.29. The maximum Gasteiger partial charge on any atom is 0.253 e. The van der Waals surface area contributed by atoms with E-state index in [1.165, 1.54) is 6.92 Å². The fraction of sp³-hybridized carbons (Fsp3) is 0.429. The number of ketones is 1. The molecule has 1 aromatic carbocycles. The molecule has 0 bridgehead atoms. The number of halogens is 1. The Balaban J connectivity index is 0.00000180. The van der Waals surface area contributed by atoms with Crippen LogP contribution in [0.2, 0.25) is 0 Å². The van der Waals surface area contributed by atoms with Crippen molar-refractivity contribution in [3.63, 3.8) is 0 Å². The predicted molar refractivity (Wildman–Crippen MR) is 77.1 cm³/mol. The molecule has 1 heterocycles. The summed E-state index contributed by atoms with van der Waals surface area (Å²) >= 11 is 0. The molecule has 0 spiro atoms. The van der Waals surface area contributed by atoms with Crippen LogP contribution in [0.1, 0.15) is 34.1 Å². The van der Waals surface area contributed by atoms with Crippen LogP contribution < -0.4 is 5.32 Å². The van der Waals surface area contributed by atoms with E-state index in [2.05, 4.69) is 5.32 Å². The number of Topliss-reactive ketones (excluding diaryl/α,β-unsaturated/α-hetero) is 1. The van der Waals surface area contributed by atoms with Crippen LogP contribution in [0.25, 0.3) is 0 Å². The summed E-state index contributed by atoms with van der Waals surface area (Å²) in [5.41, 5.74) is 1.30. The Hall–Kier alpha value is -1.39. The summed E-state index contributed by atoms with van der Waals surface area (Å²) < 4.78 is 0. The Morgan fingerprint density at radius 2 is 1.68 bits per heavy atom. The van der Waals surface area contributed by atoms with Crippen molar-refractivity contribution in [3.8, 4) is 0 Å². The second-order valence-electron chi connectivity index (χ2n) is 4.53. The number of benzene rings is 1. The summed E-state index contributed by atoms with van der Waals surface area (Å²) in [5, 5.41) is 3.27. The van der Waals surface area contributed by atoms with Crippen LogP contribution >= 0.6 is 12.4 Å². The summed E-state index contributed by atoms with van der Waals surface area (Å²) in [6.45, 7) is 4.87. The second kappa shape index (κ2) is 7.26. The van der Waals surface area contributed by atoms with Crippen LogP contribution in [-0.2, 0) is 0 Å². The molecule has 1 N–H and O–H groups in total. The molecule has 2 rings (SSSR count). The minimum absolute atomic E-state index is 0. The average Bonchev–Trinajstić information content (AvgIpc) is 2.67. The fourth-order valence-corrected chi connectivity index (χ4v) is 2.08. The molecule has 1 aliphatic heterocycles. The first kappa shape index (κ1) is 15.7. The van der Waals surface area contributed by atoms with Crippen molar-refractivity contribution in [3.05, 3.63) is 35.4 Å². The van der Waals surface area contributed by atoms with Gasteiger partial charge in [-0.2, -0.15) is 0 Å². The van der Waals surface area contributed by atoms with Gasteiger partial charge in [-0.1, -0.05) is 12.1 Å². The number of carbonyl (C=O) groups is 2. The van der Waals surface area contributed by atoms with Crippen molar-refractivity contribution < 1.29 is 9.59 Å². The van der Waals surface area contributed by atoms with Crippen molar-refractivity contribution in [2.75, 3.05) is 26.2 Å². The molecule has 0 aromatic heterocycles. The standard InChI is InChI=1S/C14H18N2O2.ClH/c1-11(17)12-3-5-13(6-4-12)14(18)16-9-2-7-15-8-10-16;/h3-6,15H,2,7-10H2,1H3;1H. The maximum absolute atomic E-state index is 12.2. The molecular weight excluding hydrogens is 264 g/mol. The molecule has 1 aliphatic rings. The van der Waals surface area contributed by atoms with Gasteiger partial charge in [0.05, 0.1) is 0 Å². The highest BCUT2D eigenvalue weighted by molar-refractivity contribution is 5.97. The molecule has 1 saturated heterocycles. The quantitative estimate of drug-likeness (QED) is 0.841. The first-order chi connectivity index (χ1) is 8.68. The van der Waals surface area contributed by atoms with Crippen LogP contribution in [0.15, 0.2) is 24.3 Å². The highest BCUT2D eigenvalue weighted by Crippen LogP contribution is 2.09. The Bertz CT molecular complexity index is 437. The first-order valence-electron chi connectivity index (χ1n) is 6.29. The molecular formula is C14H19ClN2O2. The Morgan fingerprint density at radius 3 is 2.32 bits per heavy atom. The lowest BCUT2D eigenvalue weighted by molar-refractivity contribution is 0.0766. The minimum Gasteiger partial charge on any atom is -0.337 e. The number of carbonyl (C=O) groups excluding carboxylic acids is 2. The van der Waals surface area contributed by atoms with E-state index in [9.17, 15) is 9.59 Å². The number of hydrogen-bond acceptors (Lipinski definition) is 3. The molecule has 0 unspecified atom stereocenters. The molecule has 104 valence electrons. The average molecular weight is 283 g/mol. The van der Waals surface area contributed by atoms with Crippen LogP contribution in [0.5, 0.6) is 0 Å². The molecule has 4 nitrogen and oxygen atoms in total. The molecule has 0 aliphatic carbocycles. The minimum atomic E-state index is 0. The zero-order valence-electron chi connectivity index (χ0n) is 11.0. The van der Waals surface area contributed by atoms with E-state index in [0.29, 0.717) is 11.1 Å². The van der Waals surface area contributed by atoms with E-state index >= 15 is 0 Å². The van der Waals surface area contributed by atoms with Gasteiger partial charge in [0.1, 0.15) is 0 Å². The van der Waals surface area contributed by atoms with Crippen molar-refractivity contribution >= 4 is 24.1 Å². The number of hydrogen-bond donors (Lipinski definition) is 1. The third kappa shape index (κ3) is 4.04. The van der Waals surface area contributed by atoms with Gasteiger partial charge in [-0.25, -0.2) is 0 Å². The van der Waals surface area contributed by atoms with Gasteiger partial charge in [0.25, 0.3) is 5.91 Å². The van der Waals surface area contributed by atoms with Gasteiger partial charge in [0.15, 0.2) is 5.78 Å². The maximum atomic E-state index is 12.2. The van der Waals surface area contributed by atoms with Gasteiger partial charge >= 0.3 is 0 Å². The summed E-state index contributed by atoms with van der Waals surface area (Å²) in [6.07, 6.45) is 0.983. The molecule has 0 saturated carbocycles. The van der Waals surface area contributed by atoms with Crippen molar-refractivity contribution in [2.45, 2.75) is 13.3 Å². The molecule has 1 amide bonds. The van der Waals surface area contributed by atoms with E-state index < -0.39 is 0 Å². The van der Waals surface area contributed by atoms with Gasteiger partial charge in [-0.3, -0.25) is 9.59 Å². The summed E-state index contributed by atoms with van der Waals surface area (Å²) in [6, 6.07) is 6.89. The number of nitrogens with one attached hydrogen (secondary N) is 1. The van der Waals surface area contributed by atoms with E-state index in [1.54, 1.807) is 24.3 Å². The van der Waals surface area contributed by atoms with E-state index in [-0.39, 0.29) is 24.1 Å². The third-order valence-electron chi connectivity index (χ3n) is 3.17. The van der Waals surface area contributed by atoms with Crippen molar-refractivity contribution in [2.24, 2.45) is 0 Å². The Morgan fingerprint density at radius 1 is 1.05 bits per heavy atom. The van der Waals surface area contributed by atoms with E-state index in [0.717, 1.165) is 32.6 Å². The fourth-order valence-electron chi connectivity index (χ4n) is 2.08. The van der Waals surface area contributed by atoms with Crippen molar-refractivity contribution in [1.29, 1.82) is 0 Å². The lowest BCUT2D eigenvalue weighted by Crippen LogP contribution is -2.34. The molecule has 0 atom stereocenters. The second-order valence-corrected chi connectivity index (χ2v) is 4.53. The van der Waals surface area contributed by atoms with Crippen LogP contribution in [0.3, 0.4) is 0 Å². The van der Waals surface area contributed by atoms with E-state index in [4.69, 9.17) is 0 Å². The molecule has 0 radical (unpaired) electrons. The molecule has 1 aromatic rings. The van der Waals surface area contributed by atoms with Gasteiger partial charge in [-0.15, -0.1) is 12.4 Å². The summed E-state index contributed by atoms with van der Waals surface area (Å²) in [5.74, 6) is 0.0711. The van der Waals surface area contributed by atoms with Crippen molar-refractivity contribution in [1.82, 2.24) is 10.2 Å².